The molecule has 6 heteroatoms. The lowest BCUT2D eigenvalue weighted by Crippen LogP contribution is -1.75. The summed E-state index contributed by atoms with van der Waals surface area (Å²) in [5.41, 5.74) is 3.15. The van der Waals surface area contributed by atoms with Gasteiger partial charge in [-0.25, -0.2) is 0 Å². The Balaban J connectivity index is 0.000000151. The van der Waals surface area contributed by atoms with Crippen molar-refractivity contribution in [3.8, 4) is 12.1 Å². The fraction of sp³-hybridized carbons (Fsp3) is 0.0500. The molecule has 26 heavy (non-hydrogen) atoms. The Bertz CT molecular complexity index is 1180. The van der Waals surface area contributed by atoms with E-state index in [1.807, 2.05) is 30.3 Å². The molecule has 4 aromatic rings. The van der Waals surface area contributed by atoms with Gasteiger partial charge in [0.1, 0.15) is 29.6 Å². The van der Waals surface area contributed by atoms with Crippen LogP contribution in [0.2, 0.25) is 0 Å². The summed E-state index contributed by atoms with van der Waals surface area (Å²) < 4.78 is 10.4. The average Bonchev–Trinajstić information content (AvgIpc) is 3.30. The van der Waals surface area contributed by atoms with Crippen molar-refractivity contribution < 1.29 is 13.6 Å². The van der Waals surface area contributed by atoms with Crippen molar-refractivity contribution in [1.82, 2.24) is 0 Å². The second-order valence-corrected chi connectivity index (χ2v) is 5.93. The lowest BCUT2D eigenvalue weighted by Gasteiger charge is -1.92. The van der Waals surface area contributed by atoms with Crippen LogP contribution < -0.4 is 0 Å². The third kappa shape index (κ3) is 3.66. The summed E-state index contributed by atoms with van der Waals surface area (Å²) in [5, 5.41) is 19.7. The molecule has 2 heterocycles. The van der Waals surface area contributed by atoms with E-state index >= 15 is 0 Å². The van der Waals surface area contributed by atoms with E-state index in [4.69, 9.17) is 19.4 Å². The number of nitrogens with zero attached hydrogens (tertiary/aromatic N) is 2. The third-order valence-electron chi connectivity index (χ3n) is 3.63. The van der Waals surface area contributed by atoms with E-state index in [1.54, 1.807) is 30.3 Å². The Kier molecular flexibility index (Phi) is 5.17. The predicted molar refractivity (Wildman–Crippen MR) is 99.9 cm³/mol. The lowest BCUT2D eigenvalue weighted by molar-refractivity contribution is 0.112. The summed E-state index contributed by atoms with van der Waals surface area (Å²) in [4.78, 5) is 10.4. The van der Waals surface area contributed by atoms with Crippen molar-refractivity contribution in [2.24, 2.45) is 0 Å². The van der Waals surface area contributed by atoms with Gasteiger partial charge in [-0.3, -0.25) is 4.79 Å². The largest absolute Gasteiger partial charge is 0.446 e. The number of carbonyl (C=O) groups excluding carboxylic acids is 1. The molecule has 2 aromatic heterocycles. The van der Waals surface area contributed by atoms with Crippen LogP contribution >= 0.6 is 15.9 Å². The van der Waals surface area contributed by atoms with Crippen molar-refractivity contribution in [2.45, 2.75) is 5.33 Å². The smallest absolute Gasteiger partial charge is 0.204 e. The maximum absolute atomic E-state index is 10.4. The predicted octanol–water partition coefficient (Wildman–Crippen LogP) is 5.32. The van der Waals surface area contributed by atoms with Gasteiger partial charge in [-0.2, -0.15) is 10.5 Å². The monoisotopic (exact) mass is 406 g/mol. The quantitative estimate of drug-likeness (QED) is 0.332. The molecule has 4 rings (SSSR count). The molecule has 0 spiro atoms. The second-order valence-electron chi connectivity index (χ2n) is 5.37. The summed E-state index contributed by atoms with van der Waals surface area (Å²) in [6, 6.07) is 18.1. The minimum Gasteiger partial charge on any atom is -0.446 e. The molecule has 2 aromatic carbocycles. The standard InChI is InChI=1S/C10H6BrNO.C10H5NO2/c11-5-7-1-2-10-8(3-7)4-9(6-12)13-10;11-5-9-4-8-3-7(6-12)1-2-10(8)13-9/h1-4H,5H2;1-4,6H. The zero-order valence-corrected chi connectivity index (χ0v) is 15.0. The van der Waals surface area contributed by atoms with Crippen LogP contribution in [-0.4, -0.2) is 6.29 Å². The summed E-state index contributed by atoms with van der Waals surface area (Å²) in [6.45, 7) is 0. The number of carbonyl (C=O) groups is 1. The van der Waals surface area contributed by atoms with Crippen molar-refractivity contribution in [2.75, 3.05) is 0 Å². The van der Waals surface area contributed by atoms with Gasteiger partial charge in [-0.05, 0) is 35.9 Å². The van der Waals surface area contributed by atoms with Gasteiger partial charge in [0.25, 0.3) is 0 Å². The van der Waals surface area contributed by atoms with Crippen molar-refractivity contribution in [3.05, 3.63) is 71.2 Å². The molecule has 0 aliphatic rings. The SMILES string of the molecule is N#Cc1cc2cc(C=O)ccc2o1.N#Cc1cc2cc(CBr)ccc2o1. The average molecular weight is 407 g/mol. The maximum Gasteiger partial charge on any atom is 0.204 e. The van der Waals surface area contributed by atoms with E-state index in [1.165, 1.54) is 5.56 Å². The topological polar surface area (TPSA) is 90.9 Å². The number of furan rings is 2. The molecule has 0 bridgehead atoms. The lowest BCUT2D eigenvalue weighted by atomic mass is 10.2. The number of nitriles is 2. The molecule has 0 aliphatic carbocycles. The minimum absolute atomic E-state index is 0.262. The molecule has 0 N–H and O–H groups in total. The van der Waals surface area contributed by atoms with Crippen LogP contribution in [0.25, 0.3) is 21.9 Å². The van der Waals surface area contributed by atoms with Gasteiger partial charge in [-0.15, -0.1) is 0 Å². The first-order valence-electron chi connectivity index (χ1n) is 7.54. The number of hydrogen-bond acceptors (Lipinski definition) is 5. The molecule has 5 nitrogen and oxygen atoms in total. The highest BCUT2D eigenvalue weighted by Crippen LogP contribution is 2.21. The second kappa shape index (κ2) is 7.69. The molecular weight excluding hydrogens is 396 g/mol. The number of fused-ring (bicyclic) bond motifs is 2. The van der Waals surface area contributed by atoms with Crippen LogP contribution in [0.15, 0.2) is 57.4 Å². The molecule has 0 fully saturated rings. The third-order valence-corrected chi connectivity index (χ3v) is 4.28. The van der Waals surface area contributed by atoms with E-state index in [0.29, 0.717) is 16.9 Å². The van der Waals surface area contributed by atoms with Gasteiger partial charge >= 0.3 is 0 Å². The van der Waals surface area contributed by atoms with E-state index in [0.717, 1.165) is 28.0 Å². The molecule has 0 amide bonds. The van der Waals surface area contributed by atoms with Gasteiger partial charge < -0.3 is 8.83 Å². The highest BCUT2D eigenvalue weighted by atomic mass is 79.9. The molecule has 0 aliphatic heterocycles. The van der Waals surface area contributed by atoms with Crippen molar-refractivity contribution in [1.29, 1.82) is 10.5 Å². The molecule has 0 saturated carbocycles. The van der Waals surface area contributed by atoms with Crippen LogP contribution in [-0.2, 0) is 5.33 Å². The van der Waals surface area contributed by atoms with Gasteiger partial charge in [0.05, 0.1) is 0 Å². The highest BCUT2D eigenvalue weighted by molar-refractivity contribution is 9.08. The number of aldehydes is 1. The number of hydrogen-bond donors (Lipinski definition) is 0. The van der Waals surface area contributed by atoms with Crippen LogP contribution in [0.5, 0.6) is 0 Å². The first-order valence-corrected chi connectivity index (χ1v) is 8.66. The van der Waals surface area contributed by atoms with Crippen LogP contribution in [0.3, 0.4) is 0 Å². The number of benzene rings is 2. The Morgan fingerprint density at radius 1 is 0.885 bits per heavy atom. The van der Waals surface area contributed by atoms with Crippen LogP contribution in [0.1, 0.15) is 27.4 Å². The van der Waals surface area contributed by atoms with Crippen LogP contribution in [0.4, 0.5) is 0 Å². The summed E-state index contributed by atoms with van der Waals surface area (Å²) in [6.07, 6.45) is 0.762. The van der Waals surface area contributed by atoms with Gasteiger partial charge in [0.15, 0.2) is 0 Å². The van der Waals surface area contributed by atoms with Crippen molar-refractivity contribution >= 4 is 44.2 Å². The van der Waals surface area contributed by atoms with Crippen molar-refractivity contribution in [3.63, 3.8) is 0 Å². The van der Waals surface area contributed by atoms with Gasteiger partial charge in [0, 0.05) is 33.8 Å². The van der Waals surface area contributed by atoms with Crippen LogP contribution in [0, 0.1) is 22.7 Å². The minimum atomic E-state index is 0.262. The number of alkyl halides is 1. The van der Waals surface area contributed by atoms with E-state index in [-0.39, 0.29) is 5.76 Å². The zero-order chi connectivity index (χ0) is 18.5. The Morgan fingerprint density at radius 3 is 2.00 bits per heavy atom. The number of halogens is 1. The first-order chi connectivity index (χ1) is 12.7. The fourth-order valence-corrected chi connectivity index (χ4v) is 2.77. The first kappa shape index (κ1) is 17.5. The molecule has 0 unspecified atom stereocenters. The Hall–Kier alpha value is -3.35. The fourth-order valence-electron chi connectivity index (χ4n) is 2.42. The summed E-state index contributed by atoms with van der Waals surface area (Å²) in [7, 11) is 0. The molecular formula is C20H11BrN2O3. The number of rotatable bonds is 2. The summed E-state index contributed by atoms with van der Waals surface area (Å²) >= 11 is 3.37. The molecule has 0 saturated heterocycles. The molecule has 126 valence electrons. The van der Waals surface area contributed by atoms with Gasteiger partial charge in [0.2, 0.25) is 11.5 Å². The molecule has 0 radical (unpaired) electrons. The van der Waals surface area contributed by atoms with E-state index in [2.05, 4.69) is 15.9 Å². The molecule has 0 atom stereocenters. The van der Waals surface area contributed by atoms with Gasteiger partial charge in [-0.1, -0.05) is 22.0 Å². The zero-order valence-electron chi connectivity index (χ0n) is 13.4. The van der Waals surface area contributed by atoms with E-state index < -0.39 is 0 Å². The normalized spacial score (nSPS) is 9.96. The van der Waals surface area contributed by atoms with E-state index in [9.17, 15) is 4.79 Å². The Labute approximate surface area is 157 Å². The highest BCUT2D eigenvalue weighted by Gasteiger charge is 2.03. The Morgan fingerprint density at radius 2 is 1.46 bits per heavy atom. The maximum atomic E-state index is 10.4. The summed E-state index contributed by atoms with van der Waals surface area (Å²) in [5.74, 6) is 0.625.